The Balaban J connectivity index is 0.00000151. The van der Waals surface area contributed by atoms with E-state index in [0.29, 0.717) is 17.4 Å². The van der Waals surface area contributed by atoms with Gasteiger partial charge in [-0.3, -0.25) is 10.1 Å². The number of methoxy groups -OCH3 is 1. The number of benzene rings is 2. The van der Waals surface area contributed by atoms with Crippen LogP contribution in [-0.2, 0) is 0 Å². The van der Waals surface area contributed by atoms with Gasteiger partial charge in [-0.1, -0.05) is 27.7 Å². The van der Waals surface area contributed by atoms with Crippen molar-refractivity contribution in [1.82, 2.24) is 0 Å². The third-order valence-corrected chi connectivity index (χ3v) is 3.70. The lowest BCUT2D eigenvalue weighted by molar-refractivity contribution is -0.385. The Labute approximate surface area is 149 Å². The summed E-state index contributed by atoms with van der Waals surface area (Å²) in [6, 6.07) is 8.71. The molecule has 0 bridgehead atoms. The van der Waals surface area contributed by atoms with Crippen molar-refractivity contribution in [2.45, 2.75) is 47.5 Å². The minimum absolute atomic E-state index is 0.0740. The van der Waals surface area contributed by atoms with Gasteiger partial charge < -0.3 is 9.47 Å². The van der Waals surface area contributed by atoms with Gasteiger partial charge in [0.15, 0.2) is 0 Å². The topological polar surface area (TPSA) is 61.6 Å². The summed E-state index contributed by atoms with van der Waals surface area (Å²) in [5.74, 6) is 2.46. The maximum absolute atomic E-state index is 10.9. The highest BCUT2D eigenvalue weighted by molar-refractivity contribution is 5.51. The second-order valence-corrected chi connectivity index (χ2v) is 5.83. The molecule has 0 aliphatic carbocycles. The molecule has 5 heteroatoms. The van der Waals surface area contributed by atoms with E-state index < -0.39 is 4.92 Å². The minimum Gasteiger partial charge on any atom is -0.496 e. The summed E-state index contributed by atoms with van der Waals surface area (Å²) in [5, 5.41) is 10.9. The second kappa shape index (κ2) is 9.06. The van der Waals surface area contributed by atoms with Crippen LogP contribution in [0, 0.1) is 24.0 Å². The minimum atomic E-state index is -0.395. The Hall–Kier alpha value is -2.56. The third-order valence-electron chi connectivity index (χ3n) is 3.70. The molecule has 0 N–H and O–H groups in total. The van der Waals surface area contributed by atoms with Crippen molar-refractivity contribution < 1.29 is 14.4 Å². The second-order valence-electron chi connectivity index (χ2n) is 5.83. The van der Waals surface area contributed by atoms with Crippen molar-refractivity contribution in [2.24, 2.45) is 0 Å². The summed E-state index contributed by atoms with van der Waals surface area (Å²) in [6.45, 7) is 11.8. The molecule has 0 amide bonds. The molecule has 0 aliphatic rings. The first kappa shape index (κ1) is 20.5. The Morgan fingerprint density at radius 1 is 1.04 bits per heavy atom. The van der Waals surface area contributed by atoms with Crippen LogP contribution < -0.4 is 9.47 Å². The van der Waals surface area contributed by atoms with Crippen molar-refractivity contribution in [3.63, 3.8) is 0 Å². The SMILES string of the molecule is CC.COc1ccc(Oc2c(C)cc([N+](=O)[O-])cc2C)cc1C(C)C. The average molecular weight is 345 g/mol. The fraction of sp³-hybridized carbons (Fsp3) is 0.400. The molecule has 0 fully saturated rings. The van der Waals surface area contributed by atoms with Crippen LogP contribution in [0.2, 0.25) is 0 Å². The van der Waals surface area contributed by atoms with Gasteiger partial charge in [-0.25, -0.2) is 0 Å². The number of non-ortho nitro benzene ring substituents is 1. The molecule has 0 atom stereocenters. The number of hydrogen-bond acceptors (Lipinski definition) is 4. The van der Waals surface area contributed by atoms with Gasteiger partial charge >= 0.3 is 0 Å². The summed E-state index contributed by atoms with van der Waals surface area (Å²) in [4.78, 5) is 10.5. The van der Waals surface area contributed by atoms with Crippen molar-refractivity contribution in [3.8, 4) is 17.2 Å². The fourth-order valence-corrected chi connectivity index (χ4v) is 2.54. The molecular formula is C20H27NO4. The largest absolute Gasteiger partial charge is 0.496 e. The lowest BCUT2D eigenvalue weighted by atomic mass is 10.0. The molecule has 2 aromatic rings. The van der Waals surface area contributed by atoms with Crippen LogP contribution in [0.5, 0.6) is 17.2 Å². The lowest BCUT2D eigenvalue weighted by Crippen LogP contribution is -1.98. The van der Waals surface area contributed by atoms with Crippen LogP contribution in [0.15, 0.2) is 30.3 Å². The molecule has 0 radical (unpaired) electrons. The summed E-state index contributed by atoms with van der Waals surface area (Å²) in [6.07, 6.45) is 0. The maximum atomic E-state index is 10.9. The Kier molecular flexibility index (Phi) is 7.43. The molecule has 0 saturated heterocycles. The molecule has 0 heterocycles. The van der Waals surface area contributed by atoms with Crippen molar-refractivity contribution >= 4 is 5.69 Å². The maximum Gasteiger partial charge on any atom is 0.270 e. The molecule has 0 aliphatic heterocycles. The molecular weight excluding hydrogens is 318 g/mol. The quantitative estimate of drug-likeness (QED) is 0.481. The average Bonchev–Trinajstić information content (AvgIpc) is 2.59. The Morgan fingerprint density at radius 3 is 2.04 bits per heavy atom. The molecule has 136 valence electrons. The van der Waals surface area contributed by atoms with Crippen molar-refractivity contribution in [1.29, 1.82) is 0 Å². The van der Waals surface area contributed by atoms with E-state index in [4.69, 9.17) is 9.47 Å². The molecule has 0 spiro atoms. The number of nitrogens with zero attached hydrogens (tertiary/aromatic N) is 1. The van der Waals surface area contributed by atoms with Crippen LogP contribution in [0.4, 0.5) is 5.69 Å². The fourth-order valence-electron chi connectivity index (χ4n) is 2.54. The van der Waals surface area contributed by atoms with Crippen LogP contribution in [0.25, 0.3) is 0 Å². The van der Waals surface area contributed by atoms with E-state index in [0.717, 1.165) is 22.4 Å². The van der Waals surface area contributed by atoms with E-state index >= 15 is 0 Å². The zero-order valence-corrected chi connectivity index (χ0v) is 16.0. The summed E-state index contributed by atoms with van der Waals surface area (Å²) in [7, 11) is 1.65. The monoisotopic (exact) mass is 345 g/mol. The van der Waals surface area contributed by atoms with Crippen LogP contribution in [0.3, 0.4) is 0 Å². The van der Waals surface area contributed by atoms with Gasteiger partial charge in [0.25, 0.3) is 5.69 Å². The van der Waals surface area contributed by atoms with Crippen molar-refractivity contribution in [3.05, 3.63) is 57.1 Å². The van der Waals surface area contributed by atoms with Crippen LogP contribution >= 0.6 is 0 Å². The van der Waals surface area contributed by atoms with E-state index in [2.05, 4.69) is 13.8 Å². The Morgan fingerprint density at radius 2 is 1.60 bits per heavy atom. The first-order valence-electron chi connectivity index (χ1n) is 8.45. The summed E-state index contributed by atoms with van der Waals surface area (Å²) >= 11 is 0. The van der Waals surface area contributed by atoms with E-state index in [9.17, 15) is 10.1 Å². The highest BCUT2D eigenvalue weighted by Crippen LogP contribution is 2.35. The predicted octanol–water partition coefficient (Wildman–Crippen LogP) is 6.16. The van der Waals surface area contributed by atoms with Gasteiger partial charge in [-0.05, 0) is 49.1 Å². The van der Waals surface area contributed by atoms with E-state index in [1.807, 2.05) is 45.9 Å². The standard InChI is InChI=1S/C18H21NO4.C2H6/c1-11(2)16-10-15(6-7-17(16)22-5)23-18-12(3)8-14(19(20)21)9-13(18)4;1-2/h6-11H,1-5H3;1-2H3. The first-order valence-corrected chi connectivity index (χ1v) is 8.45. The number of nitro groups is 1. The third kappa shape index (κ3) is 4.95. The summed E-state index contributed by atoms with van der Waals surface area (Å²) < 4.78 is 11.4. The molecule has 0 aromatic heterocycles. The van der Waals surface area contributed by atoms with Crippen LogP contribution in [0.1, 0.15) is 50.3 Å². The number of rotatable bonds is 5. The van der Waals surface area contributed by atoms with Gasteiger partial charge in [-0.2, -0.15) is 0 Å². The molecule has 5 nitrogen and oxygen atoms in total. The molecule has 25 heavy (non-hydrogen) atoms. The van der Waals surface area contributed by atoms with Crippen LogP contribution in [-0.4, -0.2) is 12.0 Å². The van der Waals surface area contributed by atoms with Gasteiger partial charge in [0.05, 0.1) is 12.0 Å². The summed E-state index contributed by atoms with van der Waals surface area (Å²) in [5.41, 5.74) is 2.60. The highest BCUT2D eigenvalue weighted by Gasteiger charge is 2.15. The zero-order chi connectivity index (χ0) is 19.1. The highest BCUT2D eigenvalue weighted by atomic mass is 16.6. The lowest BCUT2D eigenvalue weighted by Gasteiger charge is -2.16. The van der Waals surface area contributed by atoms with Gasteiger partial charge in [0.2, 0.25) is 0 Å². The normalized spacial score (nSPS) is 10.1. The number of nitro benzene ring substituents is 1. The van der Waals surface area contributed by atoms with Crippen molar-refractivity contribution in [2.75, 3.05) is 7.11 Å². The molecule has 0 unspecified atom stereocenters. The van der Waals surface area contributed by atoms with E-state index in [1.165, 1.54) is 12.1 Å². The molecule has 2 rings (SSSR count). The van der Waals surface area contributed by atoms with E-state index in [-0.39, 0.29) is 5.69 Å². The number of hydrogen-bond donors (Lipinski definition) is 0. The first-order chi connectivity index (χ1) is 11.8. The van der Waals surface area contributed by atoms with E-state index in [1.54, 1.807) is 7.11 Å². The number of ether oxygens (including phenoxy) is 2. The Bertz CT molecular complexity index is 715. The predicted molar refractivity (Wildman–Crippen MR) is 101 cm³/mol. The smallest absolute Gasteiger partial charge is 0.270 e. The molecule has 0 saturated carbocycles. The van der Waals surface area contributed by atoms with Gasteiger partial charge in [0, 0.05) is 17.7 Å². The van der Waals surface area contributed by atoms with Gasteiger partial charge in [0.1, 0.15) is 17.2 Å². The van der Waals surface area contributed by atoms with Gasteiger partial charge in [-0.15, -0.1) is 0 Å². The zero-order valence-electron chi connectivity index (χ0n) is 16.0. The number of aryl methyl sites for hydroxylation is 2. The molecule has 2 aromatic carbocycles.